The summed E-state index contributed by atoms with van der Waals surface area (Å²) in [6, 6.07) is 3.69. The van der Waals surface area contributed by atoms with Crippen molar-refractivity contribution in [1.82, 2.24) is 5.32 Å². The molecule has 1 atom stereocenters. The van der Waals surface area contributed by atoms with E-state index in [1.165, 1.54) is 12.1 Å². The van der Waals surface area contributed by atoms with Gasteiger partial charge in [-0.25, -0.2) is 4.39 Å². The van der Waals surface area contributed by atoms with E-state index in [4.69, 9.17) is 10.5 Å². The van der Waals surface area contributed by atoms with Crippen LogP contribution in [0.4, 0.5) is 15.8 Å². The monoisotopic (exact) mass is 352 g/mol. The predicted molar refractivity (Wildman–Crippen MR) is 93.9 cm³/mol. The van der Waals surface area contributed by atoms with Crippen LogP contribution in [0.2, 0.25) is 0 Å². The van der Waals surface area contributed by atoms with Crippen molar-refractivity contribution < 1.29 is 18.7 Å². The number of nitrogens with one attached hydrogen (secondary N) is 2. The maximum atomic E-state index is 13.8. The Labute approximate surface area is 146 Å². The van der Waals surface area contributed by atoms with Crippen LogP contribution >= 0.6 is 0 Å². The molecule has 0 aromatic heterocycles. The highest BCUT2D eigenvalue weighted by Crippen LogP contribution is 2.22. The molecule has 138 valence electrons. The smallest absolute Gasteiger partial charge is 0.243 e. The lowest BCUT2D eigenvalue weighted by Gasteiger charge is -2.29. The van der Waals surface area contributed by atoms with Gasteiger partial charge in [-0.15, -0.1) is 0 Å². The lowest BCUT2D eigenvalue weighted by Crippen LogP contribution is -2.46. The molecule has 25 heavy (non-hydrogen) atoms. The summed E-state index contributed by atoms with van der Waals surface area (Å²) in [5.41, 5.74) is 6.74. The number of morpholine rings is 1. The van der Waals surface area contributed by atoms with Gasteiger partial charge in [-0.05, 0) is 24.1 Å². The van der Waals surface area contributed by atoms with Gasteiger partial charge in [-0.2, -0.15) is 0 Å². The van der Waals surface area contributed by atoms with Crippen molar-refractivity contribution in [3.8, 4) is 0 Å². The zero-order chi connectivity index (χ0) is 18.4. The predicted octanol–water partition coefficient (Wildman–Crippen LogP) is 0.700. The normalized spacial score (nSPS) is 15.8. The largest absolute Gasteiger partial charge is 0.378 e. The Hall–Kier alpha value is -2.19. The number of nitrogens with zero attached hydrogens (tertiary/aromatic N) is 1. The molecule has 1 heterocycles. The number of nitrogens with two attached hydrogens (primary N) is 1. The van der Waals surface area contributed by atoms with E-state index >= 15 is 0 Å². The van der Waals surface area contributed by atoms with E-state index in [9.17, 15) is 14.0 Å². The Kier molecular flexibility index (Phi) is 6.72. The van der Waals surface area contributed by atoms with Crippen LogP contribution in [0.5, 0.6) is 0 Å². The van der Waals surface area contributed by atoms with Gasteiger partial charge < -0.3 is 26.0 Å². The highest BCUT2D eigenvalue weighted by molar-refractivity contribution is 5.95. The van der Waals surface area contributed by atoms with Crippen molar-refractivity contribution in [3.63, 3.8) is 0 Å². The summed E-state index contributed by atoms with van der Waals surface area (Å²) in [7, 11) is 0. The van der Waals surface area contributed by atoms with Crippen LogP contribution in [0.3, 0.4) is 0 Å². The molecule has 0 bridgehead atoms. The number of anilines is 2. The zero-order valence-electron chi connectivity index (χ0n) is 14.5. The van der Waals surface area contributed by atoms with Crippen LogP contribution < -0.4 is 21.3 Å². The summed E-state index contributed by atoms with van der Waals surface area (Å²) in [6.07, 6.45) is 0. The first-order valence-electron chi connectivity index (χ1n) is 8.33. The molecule has 1 fully saturated rings. The number of carbonyl (C=O) groups excluding carboxylic acids is 2. The Morgan fingerprint density at radius 3 is 2.60 bits per heavy atom. The maximum Gasteiger partial charge on any atom is 0.243 e. The van der Waals surface area contributed by atoms with Gasteiger partial charge in [0, 0.05) is 24.5 Å². The van der Waals surface area contributed by atoms with E-state index in [-0.39, 0.29) is 12.5 Å². The minimum Gasteiger partial charge on any atom is -0.378 e. The average Bonchev–Trinajstić information content (AvgIpc) is 2.59. The first-order valence-corrected chi connectivity index (χ1v) is 8.33. The Balaban J connectivity index is 1.94. The second-order valence-corrected chi connectivity index (χ2v) is 6.33. The highest BCUT2D eigenvalue weighted by atomic mass is 19.1. The fourth-order valence-corrected chi connectivity index (χ4v) is 2.44. The molecular weight excluding hydrogens is 327 g/mol. The Morgan fingerprint density at radius 1 is 1.28 bits per heavy atom. The number of benzene rings is 1. The van der Waals surface area contributed by atoms with Crippen molar-refractivity contribution in [2.75, 3.05) is 43.1 Å². The van der Waals surface area contributed by atoms with Crippen LogP contribution in [0.15, 0.2) is 18.2 Å². The van der Waals surface area contributed by atoms with Gasteiger partial charge in [-0.3, -0.25) is 9.59 Å². The third kappa shape index (κ3) is 5.68. The summed E-state index contributed by atoms with van der Waals surface area (Å²) < 4.78 is 19.1. The molecule has 1 aliphatic heterocycles. The van der Waals surface area contributed by atoms with Gasteiger partial charge in [0.2, 0.25) is 11.8 Å². The molecule has 7 nitrogen and oxygen atoms in total. The fraction of sp³-hybridized carbons (Fsp3) is 0.529. The Bertz CT molecular complexity index is 618. The third-order valence-electron chi connectivity index (χ3n) is 3.99. The quantitative estimate of drug-likeness (QED) is 0.700. The number of halogens is 1. The number of amides is 2. The average molecular weight is 352 g/mol. The molecule has 2 amide bonds. The van der Waals surface area contributed by atoms with E-state index in [2.05, 4.69) is 10.6 Å². The van der Waals surface area contributed by atoms with Crippen LogP contribution in [-0.2, 0) is 14.3 Å². The fourth-order valence-electron chi connectivity index (χ4n) is 2.44. The van der Waals surface area contributed by atoms with E-state index in [0.717, 1.165) is 0 Å². The SMILES string of the molecule is CC(C)[C@H](N)C(=O)NCC(=O)Nc1cc(F)cc(N2CCOCC2)c1. The number of ether oxygens (including phenoxy) is 1. The van der Waals surface area contributed by atoms with E-state index in [1.807, 2.05) is 18.7 Å². The molecule has 1 aromatic rings. The van der Waals surface area contributed by atoms with Gasteiger partial charge in [0.25, 0.3) is 0 Å². The van der Waals surface area contributed by atoms with E-state index in [0.29, 0.717) is 37.7 Å². The van der Waals surface area contributed by atoms with Gasteiger partial charge in [0.15, 0.2) is 0 Å². The second-order valence-electron chi connectivity index (χ2n) is 6.33. The molecule has 0 aliphatic carbocycles. The van der Waals surface area contributed by atoms with Gasteiger partial charge in [0.1, 0.15) is 5.82 Å². The molecule has 0 spiro atoms. The van der Waals surface area contributed by atoms with Crippen molar-refractivity contribution in [1.29, 1.82) is 0 Å². The molecule has 8 heteroatoms. The van der Waals surface area contributed by atoms with Crippen molar-refractivity contribution in [3.05, 3.63) is 24.0 Å². The molecule has 4 N–H and O–H groups in total. The maximum absolute atomic E-state index is 13.8. The summed E-state index contributed by atoms with van der Waals surface area (Å²) in [6.45, 7) is 5.93. The van der Waals surface area contributed by atoms with Crippen LogP contribution in [0.25, 0.3) is 0 Å². The molecule has 1 aliphatic rings. The van der Waals surface area contributed by atoms with Gasteiger partial charge >= 0.3 is 0 Å². The molecular formula is C17H25FN4O3. The van der Waals surface area contributed by atoms with Gasteiger partial charge in [-0.1, -0.05) is 13.8 Å². The van der Waals surface area contributed by atoms with Crippen molar-refractivity contribution >= 4 is 23.2 Å². The summed E-state index contributed by atoms with van der Waals surface area (Å²) in [5.74, 6) is -1.30. The topological polar surface area (TPSA) is 96.7 Å². The number of hydrogen-bond acceptors (Lipinski definition) is 5. The molecule has 0 saturated carbocycles. The van der Waals surface area contributed by atoms with Gasteiger partial charge in [0.05, 0.1) is 25.8 Å². The summed E-state index contributed by atoms with van der Waals surface area (Å²) in [4.78, 5) is 25.7. The van der Waals surface area contributed by atoms with Crippen LogP contribution in [0.1, 0.15) is 13.8 Å². The van der Waals surface area contributed by atoms with E-state index < -0.39 is 23.7 Å². The van der Waals surface area contributed by atoms with Crippen molar-refractivity contribution in [2.24, 2.45) is 11.7 Å². The van der Waals surface area contributed by atoms with E-state index in [1.54, 1.807) is 6.07 Å². The molecule has 0 radical (unpaired) electrons. The van der Waals surface area contributed by atoms with Crippen molar-refractivity contribution in [2.45, 2.75) is 19.9 Å². The lowest BCUT2D eigenvalue weighted by atomic mass is 10.1. The van der Waals surface area contributed by atoms with Crippen LogP contribution in [-0.4, -0.2) is 50.7 Å². The first-order chi connectivity index (χ1) is 11.9. The standard InChI is InChI=1S/C17H25FN4O3/c1-11(2)16(19)17(24)20-10-15(23)21-13-7-12(18)8-14(9-13)22-3-5-25-6-4-22/h7-9,11,16H,3-6,10,19H2,1-2H3,(H,20,24)(H,21,23)/t16-/m0/s1. The molecule has 1 saturated heterocycles. The summed E-state index contributed by atoms with van der Waals surface area (Å²) >= 11 is 0. The number of hydrogen-bond donors (Lipinski definition) is 3. The lowest BCUT2D eigenvalue weighted by molar-refractivity contribution is -0.125. The number of carbonyl (C=O) groups is 2. The minimum atomic E-state index is -0.671. The number of rotatable bonds is 6. The molecule has 0 unspecified atom stereocenters. The first kappa shape index (κ1) is 19.1. The highest BCUT2D eigenvalue weighted by Gasteiger charge is 2.18. The third-order valence-corrected chi connectivity index (χ3v) is 3.99. The second kappa shape index (κ2) is 8.77. The molecule has 2 rings (SSSR count). The zero-order valence-corrected chi connectivity index (χ0v) is 14.5. The molecule has 1 aromatic carbocycles. The summed E-state index contributed by atoms with van der Waals surface area (Å²) in [5, 5.41) is 5.07. The van der Waals surface area contributed by atoms with Crippen LogP contribution in [0, 0.1) is 11.7 Å². The Morgan fingerprint density at radius 2 is 1.96 bits per heavy atom. The minimum absolute atomic E-state index is 0.0256.